The zero-order valence-corrected chi connectivity index (χ0v) is 11.3. The van der Waals surface area contributed by atoms with Crippen molar-refractivity contribution in [1.29, 1.82) is 0 Å². The summed E-state index contributed by atoms with van der Waals surface area (Å²) in [6.45, 7) is 3.77. The molecule has 1 amide bonds. The number of carbonyl (C=O) groups is 2. The number of hydrogen-bond acceptors (Lipinski definition) is 3. The van der Waals surface area contributed by atoms with Crippen molar-refractivity contribution in [2.45, 2.75) is 20.3 Å². The molecule has 1 unspecified atom stereocenters. The Kier molecular flexibility index (Phi) is 5.03. The third-order valence-corrected chi connectivity index (χ3v) is 3.06. The van der Waals surface area contributed by atoms with Crippen molar-refractivity contribution >= 4 is 11.9 Å². The highest BCUT2D eigenvalue weighted by atomic mass is 19.1. The van der Waals surface area contributed by atoms with Crippen LogP contribution in [0.25, 0.3) is 0 Å². The lowest BCUT2D eigenvalue weighted by atomic mass is 9.88. The Morgan fingerprint density at radius 1 is 1.37 bits per heavy atom. The van der Waals surface area contributed by atoms with Crippen molar-refractivity contribution < 1.29 is 18.7 Å². The van der Waals surface area contributed by atoms with Gasteiger partial charge in [0.1, 0.15) is 5.82 Å². The van der Waals surface area contributed by atoms with Crippen molar-refractivity contribution in [3.63, 3.8) is 0 Å². The number of nitrogens with two attached hydrogens (primary N) is 1. The van der Waals surface area contributed by atoms with Crippen LogP contribution >= 0.6 is 0 Å². The Bertz CT molecular complexity index is 486. The first-order valence-electron chi connectivity index (χ1n) is 6.02. The molecule has 0 saturated carbocycles. The van der Waals surface area contributed by atoms with Crippen molar-refractivity contribution in [2.75, 3.05) is 7.11 Å². The van der Waals surface area contributed by atoms with Crippen LogP contribution in [0.1, 0.15) is 29.8 Å². The van der Waals surface area contributed by atoms with Crippen LogP contribution in [0.5, 0.6) is 0 Å². The molecule has 0 saturated heterocycles. The molecule has 0 fully saturated rings. The van der Waals surface area contributed by atoms with E-state index in [1.165, 1.54) is 19.2 Å². The number of carbonyl (C=O) groups excluding carboxylic acids is 2. The molecule has 1 atom stereocenters. The molecular weight excluding hydrogens is 249 g/mol. The standard InChI is InChI=1S/C14H18FNO3/c1-8(2)11(13(16)17)6-9-4-5-10(12(15)7-9)14(18)19-3/h4-5,7-8,11H,6H2,1-3H3,(H2,16,17). The summed E-state index contributed by atoms with van der Waals surface area (Å²) in [6, 6.07) is 4.20. The van der Waals surface area contributed by atoms with Gasteiger partial charge in [0.2, 0.25) is 5.91 Å². The zero-order valence-electron chi connectivity index (χ0n) is 11.3. The average molecular weight is 267 g/mol. The molecule has 0 spiro atoms. The molecule has 5 heteroatoms. The number of primary amides is 1. The van der Waals surface area contributed by atoms with E-state index in [-0.39, 0.29) is 17.4 Å². The van der Waals surface area contributed by atoms with Crippen LogP contribution in [0.15, 0.2) is 18.2 Å². The lowest BCUT2D eigenvalue weighted by molar-refractivity contribution is -0.123. The minimum Gasteiger partial charge on any atom is -0.465 e. The van der Waals surface area contributed by atoms with Gasteiger partial charge in [0.15, 0.2) is 0 Å². The maximum Gasteiger partial charge on any atom is 0.340 e. The van der Waals surface area contributed by atoms with Crippen LogP contribution in [-0.2, 0) is 16.0 Å². The number of hydrogen-bond donors (Lipinski definition) is 1. The molecule has 0 aliphatic heterocycles. The first kappa shape index (κ1) is 15.1. The van der Waals surface area contributed by atoms with Crippen molar-refractivity contribution in [1.82, 2.24) is 0 Å². The summed E-state index contributed by atoms with van der Waals surface area (Å²) in [5, 5.41) is 0. The fourth-order valence-electron chi connectivity index (χ4n) is 1.88. The second-order valence-corrected chi connectivity index (χ2v) is 4.76. The predicted molar refractivity (Wildman–Crippen MR) is 69.0 cm³/mol. The summed E-state index contributed by atoms with van der Waals surface area (Å²) in [6.07, 6.45) is 0.353. The fourth-order valence-corrected chi connectivity index (χ4v) is 1.88. The normalized spacial score (nSPS) is 12.3. The van der Waals surface area contributed by atoms with Crippen LogP contribution in [0.4, 0.5) is 4.39 Å². The van der Waals surface area contributed by atoms with E-state index >= 15 is 0 Å². The topological polar surface area (TPSA) is 69.4 Å². The highest BCUT2D eigenvalue weighted by Gasteiger charge is 2.21. The van der Waals surface area contributed by atoms with E-state index in [1.54, 1.807) is 6.07 Å². The summed E-state index contributed by atoms with van der Waals surface area (Å²) >= 11 is 0. The van der Waals surface area contributed by atoms with Gasteiger partial charge in [0, 0.05) is 5.92 Å². The van der Waals surface area contributed by atoms with Gasteiger partial charge in [0.25, 0.3) is 0 Å². The Morgan fingerprint density at radius 2 is 2.00 bits per heavy atom. The number of halogens is 1. The number of benzene rings is 1. The first-order chi connectivity index (χ1) is 8.86. The van der Waals surface area contributed by atoms with Gasteiger partial charge < -0.3 is 10.5 Å². The van der Waals surface area contributed by atoms with E-state index in [1.807, 2.05) is 13.8 Å². The summed E-state index contributed by atoms with van der Waals surface area (Å²) in [4.78, 5) is 22.6. The summed E-state index contributed by atoms with van der Waals surface area (Å²) < 4.78 is 18.2. The van der Waals surface area contributed by atoms with Gasteiger partial charge in [-0.25, -0.2) is 9.18 Å². The monoisotopic (exact) mass is 267 g/mol. The van der Waals surface area contributed by atoms with Gasteiger partial charge in [0.05, 0.1) is 12.7 Å². The smallest absolute Gasteiger partial charge is 0.340 e. The van der Waals surface area contributed by atoms with Crippen LogP contribution in [0.3, 0.4) is 0 Å². The molecule has 1 aromatic carbocycles. The maximum atomic E-state index is 13.7. The average Bonchev–Trinajstić information content (AvgIpc) is 2.34. The van der Waals surface area contributed by atoms with E-state index in [4.69, 9.17) is 5.73 Å². The van der Waals surface area contributed by atoms with Crippen molar-refractivity contribution in [2.24, 2.45) is 17.6 Å². The van der Waals surface area contributed by atoms with Gasteiger partial charge >= 0.3 is 5.97 Å². The first-order valence-corrected chi connectivity index (χ1v) is 6.02. The number of ether oxygens (including phenoxy) is 1. The van der Waals surface area contributed by atoms with Gasteiger partial charge in [-0.3, -0.25) is 4.79 Å². The lowest BCUT2D eigenvalue weighted by Gasteiger charge is -2.17. The van der Waals surface area contributed by atoms with Crippen LogP contribution < -0.4 is 5.73 Å². The SMILES string of the molecule is COC(=O)c1ccc(CC(C(N)=O)C(C)C)cc1F. The number of rotatable bonds is 5. The lowest BCUT2D eigenvalue weighted by Crippen LogP contribution is -2.29. The van der Waals surface area contributed by atoms with E-state index in [9.17, 15) is 14.0 Å². The summed E-state index contributed by atoms with van der Waals surface area (Å²) in [7, 11) is 1.19. The van der Waals surface area contributed by atoms with Crippen LogP contribution in [-0.4, -0.2) is 19.0 Å². The fraction of sp³-hybridized carbons (Fsp3) is 0.429. The Labute approximate surface area is 111 Å². The molecule has 0 radical (unpaired) electrons. The molecule has 1 rings (SSSR count). The van der Waals surface area contributed by atoms with Gasteiger partial charge in [-0.2, -0.15) is 0 Å². The third-order valence-electron chi connectivity index (χ3n) is 3.06. The van der Waals surface area contributed by atoms with Gasteiger partial charge in [-0.1, -0.05) is 19.9 Å². The Hall–Kier alpha value is -1.91. The second kappa shape index (κ2) is 6.31. The maximum absolute atomic E-state index is 13.7. The molecular formula is C14H18FNO3. The Morgan fingerprint density at radius 3 is 2.42 bits per heavy atom. The molecule has 0 bridgehead atoms. The van der Waals surface area contributed by atoms with E-state index in [0.717, 1.165) is 0 Å². The van der Waals surface area contributed by atoms with Gasteiger partial charge in [-0.05, 0) is 30.0 Å². The molecule has 0 heterocycles. The van der Waals surface area contributed by atoms with E-state index < -0.39 is 17.7 Å². The largest absolute Gasteiger partial charge is 0.465 e. The molecule has 0 aliphatic rings. The summed E-state index contributed by atoms with van der Waals surface area (Å²) in [5.41, 5.74) is 5.82. The summed E-state index contributed by atoms with van der Waals surface area (Å²) in [5.74, 6) is -2.08. The molecule has 2 N–H and O–H groups in total. The predicted octanol–water partition coefficient (Wildman–Crippen LogP) is 1.91. The van der Waals surface area contributed by atoms with Crippen molar-refractivity contribution in [3.05, 3.63) is 35.1 Å². The van der Waals surface area contributed by atoms with Crippen LogP contribution in [0.2, 0.25) is 0 Å². The molecule has 19 heavy (non-hydrogen) atoms. The zero-order chi connectivity index (χ0) is 14.6. The molecule has 1 aromatic rings. The molecule has 4 nitrogen and oxygen atoms in total. The molecule has 0 aromatic heterocycles. The minimum atomic E-state index is -0.723. The second-order valence-electron chi connectivity index (χ2n) is 4.76. The van der Waals surface area contributed by atoms with Gasteiger partial charge in [-0.15, -0.1) is 0 Å². The van der Waals surface area contributed by atoms with E-state index in [0.29, 0.717) is 12.0 Å². The number of esters is 1. The van der Waals surface area contributed by atoms with Crippen LogP contribution in [0, 0.1) is 17.7 Å². The Balaban J connectivity index is 2.95. The quantitative estimate of drug-likeness (QED) is 0.828. The molecule has 0 aliphatic carbocycles. The number of methoxy groups -OCH3 is 1. The minimum absolute atomic E-state index is 0.0702. The van der Waals surface area contributed by atoms with E-state index in [2.05, 4.69) is 4.74 Å². The molecule has 104 valence electrons. The highest BCUT2D eigenvalue weighted by molar-refractivity contribution is 5.89. The number of amides is 1. The highest BCUT2D eigenvalue weighted by Crippen LogP contribution is 2.19. The van der Waals surface area contributed by atoms with Crippen molar-refractivity contribution in [3.8, 4) is 0 Å². The third kappa shape index (κ3) is 3.77.